The minimum absolute atomic E-state index is 0.0285. The molecule has 2 rings (SSSR count). The molecule has 0 aliphatic carbocycles. The van der Waals surface area contributed by atoms with Gasteiger partial charge in [-0.2, -0.15) is 0 Å². The molecular formula is C17H24N2O4. The van der Waals surface area contributed by atoms with Crippen molar-refractivity contribution in [3.63, 3.8) is 0 Å². The molecule has 1 unspecified atom stereocenters. The zero-order valence-corrected chi connectivity index (χ0v) is 14.1. The second-order valence-electron chi connectivity index (χ2n) is 6.79. The van der Waals surface area contributed by atoms with Gasteiger partial charge in [0.15, 0.2) is 0 Å². The van der Waals surface area contributed by atoms with Gasteiger partial charge in [-0.25, -0.2) is 4.79 Å². The Kier molecular flexibility index (Phi) is 4.82. The molecule has 0 spiro atoms. The van der Waals surface area contributed by atoms with E-state index in [1.54, 1.807) is 28.0 Å². The third-order valence-electron chi connectivity index (χ3n) is 3.67. The normalized spacial score (nSPS) is 18.7. The van der Waals surface area contributed by atoms with Gasteiger partial charge in [0.05, 0.1) is 5.56 Å². The summed E-state index contributed by atoms with van der Waals surface area (Å²) in [7, 11) is 0. The predicted molar refractivity (Wildman–Crippen MR) is 86.4 cm³/mol. The summed E-state index contributed by atoms with van der Waals surface area (Å²) in [6, 6.07) is 6.34. The highest BCUT2D eigenvalue weighted by atomic mass is 16.6. The molecule has 2 amide bonds. The Labute approximate surface area is 136 Å². The summed E-state index contributed by atoms with van der Waals surface area (Å²) in [5, 5.41) is 9.83. The zero-order valence-electron chi connectivity index (χ0n) is 14.1. The first-order chi connectivity index (χ1) is 10.7. The van der Waals surface area contributed by atoms with Crippen LogP contribution in [-0.4, -0.2) is 58.2 Å². The molecule has 1 atom stereocenters. The van der Waals surface area contributed by atoms with Crippen LogP contribution >= 0.6 is 0 Å². The lowest BCUT2D eigenvalue weighted by molar-refractivity contribution is 0.00610. The van der Waals surface area contributed by atoms with Crippen molar-refractivity contribution >= 4 is 12.0 Å². The number of ether oxygens (including phenoxy) is 1. The van der Waals surface area contributed by atoms with Crippen LogP contribution in [0.2, 0.25) is 0 Å². The van der Waals surface area contributed by atoms with Crippen molar-refractivity contribution in [2.24, 2.45) is 0 Å². The highest BCUT2D eigenvalue weighted by Crippen LogP contribution is 2.21. The van der Waals surface area contributed by atoms with Crippen LogP contribution in [0.3, 0.4) is 0 Å². The third-order valence-corrected chi connectivity index (χ3v) is 3.67. The van der Waals surface area contributed by atoms with Crippen molar-refractivity contribution < 1.29 is 19.4 Å². The smallest absolute Gasteiger partial charge is 0.410 e. The summed E-state index contributed by atoms with van der Waals surface area (Å²) in [6.45, 7) is 8.60. The van der Waals surface area contributed by atoms with E-state index in [2.05, 4.69) is 0 Å². The molecule has 6 heteroatoms. The second kappa shape index (κ2) is 6.48. The Balaban J connectivity index is 2.03. The fourth-order valence-electron chi connectivity index (χ4n) is 2.56. The summed E-state index contributed by atoms with van der Waals surface area (Å²) < 4.78 is 5.37. The Bertz CT molecular complexity index is 595. The number of carbonyl (C=O) groups is 2. The van der Waals surface area contributed by atoms with E-state index in [4.69, 9.17) is 4.74 Å². The maximum atomic E-state index is 12.6. The van der Waals surface area contributed by atoms with Gasteiger partial charge < -0.3 is 19.6 Å². The third kappa shape index (κ3) is 4.15. The molecule has 1 aliphatic heterocycles. The standard InChI is InChI=1S/C17H24N2O4/c1-12-11-18(16(22)23-17(2,3)4)9-10-19(12)15(21)13-7-5-6-8-14(13)20/h5-8,12,20H,9-11H2,1-4H3. The molecule has 1 aliphatic rings. The summed E-state index contributed by atoms with van der Waals surface area (Å²) in [5.41, 5.74) is -0.256. The largest absolute Gasteiger partial charge is 0.507 e. The van der Waals surface area contributed by atoms with E-state index < -0.39 is 5.60 Å². The molecule has 0 saturated carbocycles. The number of rotatable bonds is 1. The first-order valence-corrected chi connectivity index (χ1v) is 7.76. The molecule has 126 valence electrons. The van der Waals surface area contributed by atoms with Crippen molar-refractivity contribution in [1.82, 2.24) is 9.80 Å². The highest BCUT2D eigenvalue weighted by molar-refractivity contribution is 5.97. The van der Waals surface area contributed by atoms with E-state index in [-0.39, 0.29) is 29.4 Å². The number of hydrogen-bond donors (Lipinski definition) is 1. The van der Waals surface area contributed by atoms with Crippen molar-refractivity contribution in [3.05, 3.63) is 29.8 Å². The lowest BCUT2D eigenvalue weighted by Crippen LogP contribution is -2.56. The van der Waals surface area contributed by atoms with Crippen LogP contribution in [0.5, 0.6) is 5.75 Å². The number of carbonyl (C=O) groups excluding carboxylic acids is 2. The van der Waals surface area contributed by atoms with E-state index in [1.807, 2.05) is 27.7 Å². The van der Waals surface area contributed by atoms with E-state index in [1.165, 1.54) is 6.07 Å². The monoisotopic (exact) mass is 320 g/mol. The number of aromatic hydroxyl groups is 1. The lowest BCUT2D eigenvalue weighted by Gasteiger charge is -2.40. The molecule has 1 N–H and O–H groups in total. The molecule has 6 nitrogen and oxygen atoms in total. The van der Waals surface area contributed by atoms with Crippen molar-refractivity contribution in [2.75, 3.05) is 19.6 Å². The number of para-hydroxylation sites is 1. The van der Waals surface area contributed by atoms with E-state index >= 15 is 0 Å². The Morgan fingerprint density at radius 2 is 1.87 bits per heavy atom. The van der Waals surface area contributed by atoms with Gasteiger partial charge in [0, 0.05) is 25.7 Å². The summed E-state index contributed by atoms with van der Waals surface area (Å²) in [6.07, 6.45) is -0.362. The molecule has 23 heavy (non-hydrogen) atoms. The molecular weight excluding hydrogens is 296 g/mol. The van der Waals surface area contributed by atoms with Gasteiger partial charge in [-0.3, -0.25) is 4.79 Å². The molecule has 1 fully saturated rings. The van der Waals surface area contributed by atoms with Gasteiger partial charge in [0.25, 0.3) is 5.91 Å². The van der Waals surface area contributed by atoms with Gasteiger partial charge in [-0.05, 0) is 39.8 Å². The lowest BCUT2D eigenvalue weighted by atomic mass is 10.1. The van der Waals surface area contributed by atoms with Crippen molar-refractivity contribution in [1.29, 1.82) is 0 Å². The zero-order chi connectivity index (χ0) is 17.2. The average Bonchev–Trinajstić information content (AvgIpc) is 2.45. The van der Waals surface area contributed by atoms with Gasteiger partial charge in [0.1, 0.15) is 11.4 Å². The first kappa shape index (κ1) is 17.1. The van der Waals surface area contributed by atoms with Crippen LogP contribution in [0.4, 0.5) is 4.79 Å². The number of benzene rings is 1. The molecule has 0 bridgehead atoms. The van der Waals surface area contributed by atoms with E-state index in [9.17, 15) is 14.7 Å². The summed E-state index contributed by atoms with van der Waals surface area (Å²) in [4.78, 5) is 28.0. The van der Waals surface area contributed by atoms with Gasteiger partial charge >= 0.3 is 6.09 Å². The number of hydrogen-bond acceptors (Lipinski definition) is 4. The SMILES string of the molecule is CC1CN(C(=O)OC(C)(C)C)CCN1C(=O)c1ccccc1O. The van der Waals surface area contributed by atoms with E-state index in [0.29, 0.717) is 19.6 Å². The van der Waals surface area contributed by atoms with Gasteiger partial charge in [0.2, 0.25) is 0 Å². The van der Waals surface area contributed by atoms with Crippen molar-refractivity contribution in [3.8, 4) is 5.75 Å². The second-order valence-corrected chi connectivity index (χ2v) is 6.79. The van der Waals surface area contributed by atoms with Crippen LogP contribution in [-0.2, 0) is 4.74 Å². The topological polar surface area (TPSA) is 70.1 Å². The molecule has 1 heterocycles. The minimum atomic E-state index is -0.539. The molecule has 1 aromatic rings. The summed E-state index contributed by atoms with van der Waals surface area (Å²) in [5.74, 6) is -0.251. The molecule has 1 aromatic carbocycles. The number of amides is 2. The Morgan fingerprint density at radius 3 is 2.43 bits per heavy atom. The Hall–Kier alpha value is -2.24. The average molecular weight is 320 g/mol. The van der Waals surface area contributed by atoms with Crippen LogP contribution in [0.15, 0.2) is 24.3 Å². The van der Waals surface area contributed by atoms with Crippen LogP contribution in [0, 0.1) is 0 Å². The highest BCUT2D eigenvalue weighted by Gasteiger charge is 2.33. The quantitative estimate of drug-likeness (QED) is 0.863. The Morgan fingerprint density at radius 1 is 1.22 bits per heavy atom. The number of phenols is 1. The molecule has 1 saturated heterocycles. The minimum Gasteiger partial charge on any atom is -0.507 e. The van der Waals surface area contributed by atoms with Gasteiger partial charge in [-0.1, -0.05) is 12.1 Å². The number of piperazine rings is 1. The number of nitrogens with zero attached hydrogens (tertiary/aromatic N) is 2. The van der Waals surface area contributed by atoms with E-state index in [0.717, 1.165) is 0 Å². The van der Waals surface area contributed by atoms with Crippen LogP contribution in [0.1, 0.15) is 38.1 Å². The number of phenolic OH excluding ortho intramolecular Hbond substituents is 1. The summed E-state index contributed by atoms with van der Waals surface area (Å²) >= 11 is 0. The molecule has 0 radical (unpaired) electrons. The maximum Gasteiger partial charge on any atom is 0.410 e. The fraction of sp³-hybridized carbons (Fsp3) is 0.529. The predicted octanol–water partition coefficient (Wildman–Crippen LogP) is 2.47. The maximum absolute atomic E-state index is 12.6. The first-order valence-electron chi connectivity index (χ1n) is 7.76. The van der Waals surface area contributed by atoms with Gasteiger partial charge in [-0.15, -0.1) is 0 Å². The van der Waals surface area contributed by atoms with Crippen LogP contribution in [0.25, 0.3) is 0 Å². The fourth-order valence-corrected chi connectivity index (χ4v) is 2.56. The van der Waals surface area contributed by atoms with Crippen LogP contribution < -0.4 is 0 Å². The molecule has 0 aromatic heterocycles. The van der Waals surface area contributed by atoms with Crippen molar-refractivity contribution in [2.45, 2.75) is 39.3 Å².